The minimum Gasteiger partial charge on any atom is -0.457 e. The predicted octanol–water partition coefficient (Wildman–Crippen LogP) is 7.14. The number of hydrogen-bond acceptors (Lipinski definition) is 4. The standard InChI is InChI=1S/C21H12Cl3NO3S/c22-14-4-2-13(3-5-14)18-8-6-15(28-18)10-19-20(26)25(21(27)29-19)11-12-1-7-16(23)17(24)9-12/h1-10H,11H2/b19-10+. The summed E-state index contributed by atoms with van der Waals surface area (Å²) in [5.74, 6) is 0.744. The number of carbonyl (C=O) groups is 2. The van der Waals surface area contributed by atoms with Gasteiger partial charge in [0.1, 0.15) is 11.5 Å². The molecule has 0 spiro atoms. The molecule has 4 nitrogen and oxygen atoms in total. The van der Waals surface area contributed by atoms with Crippen LogP contribution in [0.5, 0.6) is 0 Å². The van der Waals surface area contributed by atoms with Crippen molar-refractivity contribution in [3.63, 3.8) is 0 Å². The summed E-state index contributed by atoms with van der Waals surface area (Å²) in [7, 11) is 0. The molecule has 0 saturated carbocycles. The highest BCUT2D eigenvalue weighted by molar-refractivity contribution is 8.18. The summed E-state index contributed by atoms with van der Waals surface area (Å²) in [5, 5.41) is 1.07. The van der Waals surface area contributed by atoms with Gasteiger partial charge in [0.15, 0.2) is 0 Å². The molecule has 0 aliphatic carbocycles. The normalized spacial score (nSPS) is 15.6. The summed E-state index contributed by atoms with van der Waals surface area (Å²) in [5.41, 5.74) is 1.58. The summed E-state index contributed by atoms with van der Waals surface area (Å²) in [6.45, 7) is 0.118. The lowest BCUT2D eigenvalue weighted by Crippen LogP contribution is -2.27. The van der Waals surface area contributed by atoms with Gasteiger partial charge in [-0.05, 0) is 65.9 Å². The lowest BCUT2D eigenvalue weighted by Gasteiger charge is -2.12. The molecular weight excluding hydrogens is 453 g/mol. The minimum absolute atomic E-state index is 0.118. The van der Waals surface area contributed by atoms with Crippen molar-refractivity contribution in [2.45, 2.75) is 6.54 Å². The van der Waals surface area contributed by atoms with Crippen molar-refractivity contribution in [3.05, 3.63) is 85.9 Å². The maximum absolute atomic E-state index is 12.7. The third-order valence-corrected chi connectivity index (χ3v) is 6.13. The average Bonchev–Trinajstić information content (AvgIpc) is 3.26. The molecule has 8 heteroatoms. The molecule has 0 radical (unpaired) electrons. The SMILES string of the molecule is O=C1S/C(=C/c2ccc(-c3ccc(Cl)cc3)o2)C(=O)N1Cc1ccc(Cl)c(Cl)c1. The van der Waals surface area contributed by atoms with Crippen molar-refractivity contribution in [3.8, 4) is 11.3 Å². The van der Waals surface area contributed by atoms with Crippen LogP contribution in [-0.2, 0) is 11.3 Å². The summed E-state index contributed by atoms with van der Waals surface area (Å²) >= 11 is 18.7. The molecular formula is C21H12Cl3NO3S. The predicted molar refractivity (Wildman–Crippen MR) is 117 cm³/mol. The topological polar surface area (TPSA) is 50.5 Å². The molecule has 146 valence electrons. The molecule has 29 heavy (non-hydrogen) atoms. The molecule has 1 saturated heterocycles. The van der Waals surface area contributed by atoms with Gasteiger partial charge in [-0.15, -0.1) is 0 Å². The van der Waals surface area contributed by atoms with Crippen LogP contribution in [0, 0.1) is 0 Å². The number of carbonyl (C=O) groups excluding carboxylic acids is 2. The van der Waals surface area contributed by atoms with Crippen LogP contribution in [0.1, 0.15) is 11.3 Å². The van der Waals surface area contributed by atoms with Gasteiger partial charge in [-0.1, -0.05) is 40.9 Å². The van der Waals surface area contributed by atoms with Gasteiger partial charge in [0, 0.05) is 16.7 Å². The number of imide groups is 1. The van der Waals surface area contributed by atoms with Crippen molar-refractivity contribution in [1.29, 1.82) is 0 Å². The first-order valence-electron chi connectivity index (χ1n) is 8.46. The van der Waals surface area contributed by atoms with Gasteiger partial charge < -0.3 is 4.42 Å². The third kappa shape index (κ3) is 4.38. The van der Waals surface area contributed by atoms with E-state index in [4.69, 9.17) is 39.2 Å². The molecule has 1 aliphatic rings. The Hall–Kier alpha value is -2.18. The van der Waals surface area contributed by atoms with Crippen LogP contribution in [0.2, 0.25) is 15.1 Å². The number of furan rings is 1. The fourth-order valence-corrected chi connectivity index (χ4v) is 4.05. The van der Waals surface area contributed by atoms with E-state index in [1.165, 1.54) is 4.90 Å². The minimum atomic E-state index is -0.379. The Bertz CT molecular complexity index is 1140. The second kappa shape index (κ2) is 8.28. The molecule has 1 aromatic heterocycles. The van der Waals surface area contributed by atoms with Gasteiger partial charge >= 0.3 is 0 Å². The highest BCUT2D eigenvalue weighted by Crippen LogP contribution is 2.35. The lowest BCUT2D eigenvalue weighted by molar-refractivity contribution is -0.123. The van der Waals surface area contributed by atoms with Crippen molar-refractivity contribution >= 4 is 63.8 Å². The van der Waals surface area contributed by atoms with Crippen LogP contribution < -0.4 is 0 Å². The number of rotatable bonds is 4. The lowest BCUT2D eigenvalue weighted by atomic mass is 10.2. The van der Waals surface area contributed by atoms with E-state index in [9.17, 15) is 9.59 Å². The molecule has 0 N–H and O–H groups in total. The van der Waals surface area contributed by atoms with Crippen LogP contribution in [0.25, 0.3) is 17.4 Å². The first-order chi connectivity index (χ1) is 13.9. The average molecular weight is 465 g/mol. The molecule has 2 amide bonds. The summed E-state index contributed by atoms with van der Waals surface area (Å²) in [6, 6.07) is 15.8. The van der Waals surface area contributed by atoms with Crippen LogP contribution in [-0.4, -0.2) is 16.0 Å². The Kier molecular flexibility index (Phi) is 5.74. The third-order valence-electron chi connectivity index (χ3n) is 4.23. The molecule has 0 unspecified atom stereocenters. The van der Waals surface area contributed by atoms with Crippen LogP contribution >= 0.6 is 46.6 Å². The van der Waals surface area contributed by atoms with E-state index in [0.29, 0.717) is 37.1 Å². The van der Waals surface area contributed by atoms with Crippen molar-refractivity contribution in [1.82, 2.24) is 4.90 Å². The Morgan fingerprint density at radius 1 is 0.931 bits per heavy atom. The summed E-state index contributed by atoms with van der Waals surface area (Å²) < 4.78 is 5.79. The smallest absolute Gasteiger partial charge is 0.293 e. The monoisotopic (exact) mass is 463 g/mol. The highest BCUT2D eigenvalue weighted by Gasteiger charge is 2.35. The van der Waals surface area contributed by atoms with Gasteiger partial charge in [0.2, 0.25) is 0 Å². The Balaban J connectivity index is 1.53. The van der Waals surface area contributed by atoms with E-state index in [0.717, 1.165) is 17.3 Å². The number of amides is 2. The fourth-order valence-electron chi connectivity index (χ4n) is 2.79. The molecule has 1 fully saturated rings. The van der Waals surface area contributed by atoms with Crippen molar-refractivity contribution in [2.75, 3.05) is 0 Å². The quantitative estimate of drug-likeness (QED) is 0.385. The largest absolute Gasteiger partial charge is 0.457 e. The molecule has 0 atom stereocenters. The zero-order valence-corrected chi connectivity index (χ0v) is 17.8. The zero-order valence-electron chi connectivity index (χ0n) is 14.7. The van der Waals surface area contributed by atoms with E-state index in [1.807, 2.05) is 12.1 Å². The van der Waals surface area contributed by atoms with Crippen LogP contribution in [0.15, 0.2) is 63.9 Å². The number of benzene rings is 2. The van der Waals surface area contributed by atoms with Crippen molar-refractivity contribution < 1.29 is 14.0 Å². The van der Waals surface area contributed by atoms with Crippen LogP contribution in [0.4, 0.5) is 4.79 Å². The van der Waals surface area contributed by atoms with E-state index >= 15 is 0 Å². The number of halogens is 3. The number of hydrogen-bond donors (Lipinski definition) is 0. The van der Waals surface area contributed by atoms with Gasteiger partial charge in [-0.3, -0.25) is 14.5 Å². The van der Waals surface area contributed by atoms with Gasteiger partial charge in [-0.25, -0.2) is 0 Å². The Morgan fingerprint density at radius 3 is 2.41 bits per heavy atom. The Morgan fingerprint density at radius 2 is 1.69 bits per heavy atom. The Labute approximate surface area is 186 Å². The van der Waals surface area contributed by atoms with Crippen LogP contribution in [0.3, 0.4) is 0 Å². The van der Waals surface area contributed by atoms with E-state index in [2.05, 4.69) is 0 Å². The van der Waals surface area contributed by atoms with Gasteiger partial charge in [-0.2, -0.15) is 0 Å². The molecule has 3 aromatic rings. The molecule has 4 rings (SSSR count). The second-order valence-electron chi connectivity index (χ2n) is 6.23. The van der Waals surface area contributed by atoms with Gasteiger partial charge in [0.05, 0.1) is 21.5 Å². The maximum atomic E-state index is 12.7. The number of nitrogens with zero attached hydrogens (tertiary/aromatic N) is 1. The van der Waals surface area contributed by atoms with E-state index in [-0.39, 0.29) is 17.7 Å². The summed E-state index contributed by atoms with van der Waals surface area (Å²) in [6.07, 6.45) is 1.57. The van der Waals surface area contributed by atoms with Gasteiger partial charge in [0.25, 0.3) is 11.1 Å². The van der Waals surface area contributed by atoms with E-state index < -0.39 is 0 Å². The second-order valence-corrected chi connectivity index (χ2v) is 8.47. The first kappa shape index (κ1) is 20.1. The highest BCUT2D eigenvalue weighted by atomic mass is 35.5. The molecule has 1 aliphatic heterocycles. The molecule has 0 bridgehead atoms. The molecule has 2 heterocycles. The van der Waals surface area contributed by atoms with E-state index in [1.54, 1.807) is 48.5 Å². The molecule has 2 aromatic carbocycles. The van der Waals surface area contributed by atoms with Crippen molar-refractivity contribution in [2.24, 2.45) is 0 Å². The zero-order chi connectivity index (χ0) is 20.5. The summed E-state index contributed by atoms with van der Waals surface area (Å²) in [4.78, 5) is 26.5. The number of thioether (sulfide) groups is 1. The first-order valence-corrected chi connectivity index (χ1v) is 10.4. The fraction of sp³-hybridized carbons (Fsp3) is 0.0476. The maximum Gasteiger partial charge on any atom is 0.293 e.